The van der Waals surface area contributed by atoms with Gasteiger partial charge in [-0.25, -0.2) is 9.78 Å². The van der Waals surface area contributed by atoms with E-state index >= 15 is 0 Å². The van der Waals surface area contributed by atoms with E-state index in [2.05, 4.69) is 34.8 Å². The zero-order valence-electron chi connectivity index (χ0n) is 13.3. The van der Waals surface area contributed by atoms with Gasteiger partial charge in [0.2, 0.25) is 0 Å². The number of aromatic nitrogens is 1. The highest BCUT2D eigenvalue weighted by molar-refractivity contribution is 9.10. The number of hydrogen-bond acceptors (Lipinski definition) is 3. The topological polar surface area (TPSA) is 42.4 Å². The van der Waals surface area contributed by atoms with E-state index in [0.717, 1.165) is 22.0 Å². The van der Waals surface area contributed by atoms with Gasteiger partial charge in [0.1, 0.15) is 12.4 Å². The third-order valence-electron chi connectivity index (χ3n) is 3.85. The number of ether oxygens (including phenoxy) is 1. The smallest absolute Gasteiger partial charge is 0.415 e. The molecule has 0 N–H and O–H groups in total. The van der Waals surface area contributed by atoms with Gasteiger partial charge in [-0.2, -0.15) is 0 Å². The van der Waals surface area contributed by atoms with Crippen molar-refractivity contribution in [3.05, 3.63) is 58.2 Å². The van der Waals surface area contributed by atoms with Crippen LogP contribution in [0.4, 0.5) is 10.6 Å². The molecule has 1 aliphatic heterocycles. The van der Waals surface area contributed by atoms with Gasteiger partial charge in [0.15, 0.2) is 0 Å². The summed E-state index contributed by atoms with van der Waals surface area (Å²) in [4.78, 5) is 18.6. The molecule has 0 radical (unpaired) electrons. The second kappa shape index (κ2) is 6.32. The zero-order valence-corrected chi connectivity index (χ0v) is 14.8. The van der Waals surface area contributed by atoms with Crippen molar-refractivity contribution in [1.82, 2.24) is 4.98 Å². The summed E-state index contributed by atoms with van der Waals surface area (Å²) in [5.41, 5.74) is 2.02. The largest absolute Gasteiger partial charge is 0.444 e. The van der Waals surface area contributed by atoms with E-state index in [0.29, 0.717) is 12.4 Å². The first-order valence-electron chi connectivity index (χ1n) is 7.57. The van der Waals surface area contributed by atoms with Crippen molar-refractivity contribution in [3.63, 3.8) is 0 Å². The van der Waals surface area contributed by atoms with Gasteiger partial charge in [-0.05, 0) is 45.0 Å². The average Bonchev–Trinajstić information content (AvgIpc) is 2.51. The first-order valence-corrected chi connectivity index (χ1v) is 8.37. The Bertz CT molecular complexity index is 716. The van der Waals surface area contributed by atoms with Crippen molar-refractivity contribution >= 4 is 27.8 Å². The number of rotatable bonds is 2. The van der Waals surface area contributed by atoms with Crippen LogP contribution in [0.5, 0.6) is 0 Å². The molecule has 3 rings (SSSR count). The van der Waals surface area contributed by atoms with Crippen LogP contribution < -0.4 is 4.90 Å². The summed E-state index contributed by atoms with van der Waals surface area (Å²) in [6.45, 7) is 5.16. The highest BCUT2D eigenvalue weighted by atomic mass is 79.9. The Morgan fingerprint density at radius 3 is 2.83 bits per heavy atom. The van der Waals surface area contributed by atoms with Crippen LogP contribution in [0.3, 0.4) is 0 Å². The zero-order chi connectivity index (χ0) is 16.4. The number of hydrogen-bond donors (Lipinski definition) is 0. The molecule has 2 heterocycles. The molecule has 0 fully saturated rings. The Hall–Kier alpha value is -1.88. The molecule has 0 saturated carbocycles. The van der Waals surface area contributed by atoms with E-state index in [9.17, 15) is 4.79 Å². The molecule has 120 valence electrons. The predicted octanol–water partition coefficient (Wildman–Crippen LogP) is 4.57. The fraction of sp³-hybridized carbons (Fsp3) is 0.333. The van der Waals surface area contributed by atoms with Crippen molar-refractivity contribution in [2.45, 2.75) is 26.9 Å². The van der Waals surface area contributed by atoms with Crippen LogP contribution in [-0.2, 0) is 17.8 Å². The fourth-order valence-corrected chi connectivity index (χ4v) is 3.25. The van der Waals surface area contributed by atoms with Crippen LogP contribution >= 0.6 is 15.9 Å². The van der Waals surface area contributed by atoms with Crippen LogP contribution in [0.15, 0.2) is 47.1 Å². The molecule has 23 heavy (non-hydrogen) atoms. The van der Waals surface area contributed by atoms with Crippen LogP contribution in [-0.4, -0.2) is 17.6 Å². The molecule has 0 spiro atoms. The quantitative estimate of drug-likeness (QED) is 0.772. The number of carbonyl (C=O) groups excluding carboxylic acids is 1. The maximum atomic E-state index is 12.6. The average molecular weight is 375 g/mol. The summed E-state index contributed by atoms with van der Waals surface area (Å²) in [7, 11) is 0. The van der Waals surface area contributed by atoms with Crippen LogP contribution in [0.2, 0.25) is 0 Å². The second-order valence-electron chi connectivity index (χ2n) is 6.60. The fourth-order valence-electron chi connectivity index (χ4n) is 2.87. The molecule has 2 aromatic rings. The molecule has 0 unspecified atom stereocenters. The molecule has 5 heteroatoms. The molecule has 0 bridgehead atoms. The number of amides is 1. The van der Waals surface area contributed by atoms with E-state index in [4.69, 9.17) is 4.74 Å². The summed E-state index contributed by atoms with van der Waals surface area (Å²) in [5, 5.41) is 0. The van der Waals surface area contributed by atoms with Gasteiger partial charge in [0.05, 0.1) is 0 Å². The number of carbonyl (C=O) groups is 1. The lowest BCUT2D eigenvalue weighted by atomic mass is 9.82. The molecule has 0 saturated heterocycles. The first-order chi connectivity index (χ1) is 10.9. The Balaban J connectivity index is 1.80. The highest BCUT2D eigenvalue weighted by Crippen LogP contribution is 2.36. The van der Waals surface area contributed by atoms with Crippen LogP contribution in [0, 0.1) is 5.41 Å². The number of pyridine rings is 1. The summed E-state index contributed by atoms with van der Waals surface area (Å²) >= 11 is 3.45. The predicted molar refractivity (Wildman–Crippen MR) is 93.4 cm³/mol. The molecule has 1 aromatic carbocycles. The van der Waals surface area contributed by atoms with Gasteiger partial charge in [0.25, 0.3) is 0 Å². The SMILES string of the molecule is CC1(C)Cc2cc(Br)cnc2N(C(=O)OCc2ccccc2)C1. The van der Waals surface area contributed by atoms with Crippen LogP contribution in [0.25, 0.3) is 0 Å². The molecule has 1 aliphatic rings. The third-order valence-corrected chi connectivity index (χ3v) is 4.28. The normalized spacial score (nSPS) is 15.9. The standard InChI is InChI=1S/C18H19BrN2O2/c1-18(2)9-14-8-15(19)10-20-16(14)21(12-18)17(22)23-11-13-6-4-3-5-7-13/h3-8,10H,9,11-12H2,1-2H3. The minimum absolute atomic E-state index is 0.0127. The van der Waals surface area contributed by atoms with Gasteiger partial charge in [0, 0.05) is 17.2 Å². The highest BCUT2D eigenvalue weighted by Gasteiger charge is 2.35. The van der Waals surface area contributed by atoms with Gasteiger partial charge >= 0.3 is 6.09 Å². The summed E-state index contributed by atoms with van der Waals surface area (Å²) in [6.07, 6.45) is 2.25. The molecule has 1 aromatic heterocycles. The van der Waals surface area contributed by atoms with Gasteiger partial charge in [-0.15, -0.1) is 0 Å². The number of nitrogens with zero attached hydrogens (tertiary/aromatic N) is 2. The lowest BCUT2D eigenvalue weighted by Gasteiger charge is -2.37. The van der Waals surface area contributed by atoms with E-state index in [1.165, 1.54) is 0 Å². The van der Waals surface area contributed by atoms with E-state index in [1.807, 2.05) is 36.4 Å². The Labute approximate surface area is 144 Å². The van der Waals surface area contributed by atoms with Crippen molar-refractivity contribution in [2.75, 3.05) is 11.4 Å². The lowest BCUT2D eigenvalue weighted by molar-refractivity contribution is 0.142. The van der Waals surface area contributed by atoms with Crippen molar-refractivity contribution in [3.8, 4) is 0 Å². The lowest BCUT2D eigenvalue weighted by Crippen LogP contribution is -2.44. The third kappa shape index (κ3) is 3.72. The van der Waals surface area contributed by atoms with Gasteiger partial charge in [-0.1, -0.05) is 44.2 Å². The number of benzene rings is 1. The number of anilines is 1. The number of halogens is 1. The minimum Gasteiger partial charge on any atom is -0.444 e. The summed E-state index contributed by atoms with van der Waals surface area (Å²) < 4.78 is 6.41. The molecular weight excluding hydrogens is 356 g/mol. The molecule has 4 nitrogen and oxygen atoms in total. The second-order valence-corrected chi connectivity index (χ2v) is 7.52. The maximum Gasteiger partial charge on any atom is 0.415 e. The summed E-state index contributed by atoms with van der Waals surface area (Å²) in [5.74, 6) is 0.700. The molecule has 0 aliphatic carbocycles. The van der Waals surface area contributed by atoms with Crippen molar-refractivity contribution < 1.29 is 9.53 Å². The summed E-state index contributed by atoms with van der Waals surface area (Å²) in [6, 6.07) is 11.7. The Morgan fingerprint density at radius 2 is 2.09 bits per heavy atom. The Kier molecular flexibility index (Phi) is 4.39. The minimum atomic E-state index is -0.349. The molecule has 0 atom stereocenters. The van der Waals surface area contributed by atoms with E-state index < -0.39 is 0 Å². The van der Waals surface area contributed by atoms with Crippen molar-refractivity contribution in [2.24, 2.45) is 5.41 Å². The molecule has 1 amide bonds. The Morgan fingerprint density at radius 1 is 1.35 bits per heavy atom. The van der Waals surface area contributed by atoms with Gasteiger partial charge < -0.3 is 4.74 Å². The first kappa shape index (κ1) is 16.0. The molecular formula is C18H19BrN2O2. The van der Waals surface area contributed by atoms with E-state index in [1.54, 1.807) is 11.1 Å². The van der Waals surface area contributed by atoms with Crippen LogP contribution in [0.1, 0.15) is 25.0 Å². The van der Waals surface area contributed by atoms with Crippen molar-refractivity contribution in [1.29, 1.82) is 0 Å². The maximum absolute atomic E-state index is 12.6. The monoisotopic (exact) mass is 374 g/mol. The number of fused-ring (bicyclic) bond motifs is 1. The van der Waals surface area contributed by atoms with E-state index in [-0.39, 0.29) is 18.1 Å². The van der Waals surface area contributed by atoms with Gasteiger partial charge in [-0.3, -0.25) is 4.90 Å².